The third kappa shape index (κ3) is 3.30. The molecule has 3 saturated carbocycles. The number of amides is 1. The molecule has 1 aliphatic heterocycles. The SMILES string of the molecule is CC12CC(C(=O)CC(=S)N3CCN(C(=O)OC(C)(C)C)CC3)(C1)C2. The van der Waals surface area contributed by atoms with Crippen molar-refractivity contribution in [3.8, 4) is 0 Å². The minimum atomic E-state index is -0.477. The maximum atomic E-state index is 12.5. The second kappa shape index (κ2) is 5.68. The van der Waals surface area contributed by atoms with Crippen molar-refractivity contribution >= 4 is 29.1 Å². The number of nitrogens with zero attached hydrogens (tertiary/aromatic N) is 2. The van der Waals surface area contributed by atoms with Gasteiger partial charge in [-0.25, -0.2) is 4.79 Å². The molecule has 134 valence electrons. The number of carbonyl (C=O) groups excluding carboxylic acids is 2. The zero-order valence-electron chi connectivity index (χ0n) is 15.2. The topological polar surface area (TPSA) is 49.9 Å². The van der Waals surface area contributed by atoms with Crippen LogP contribution in [0.3, 0.4) is 0 Å². The highest BCUT2D eigenvalue weighted by atomic mass is 32.1. The quantitative estimate of drug-likeness (QED) is 0.731. The first-order chi connectivity index (χ1) is 11.0. The van der Waals surface area contributed by atoms with Gasteiger partial charge in [0.1, 0.15) is 11.4 Å². The summed E-state index contributed by atoms with van der Waals surface area (Å²) < 4.78 is 5.40. The van der Waals surface area contributed by atoms with Crippen LogP contribution in [0.25, 0.3) is 0 Å². The van der Waals surface area contributed by atoms with Crippen LogP contribution in [-0.2, 0) is 9.53 Å². The number of rotatable bonds is 3. The van der Waals surface area contributed by atoms with E-state index < -0.39 is 5.60 Å². The normalized spacial score (nSPS) is 31.8. The molecule has 0 unspecified atom stereocenters. The fraction of sp³-hybridized carbons (Fsp3) is 0.833. The van der Waals surface area contributed by atoms with Gasteiger partial charge in [0.2, 0.25) is 0 Å². The third-order valence-electron chi connectivity index (χ3n) is 5.48. The first-order valence-electron chi connectivity index (χ1n) is 8.81. The Hall–Kier alpha value is -1.17. The predicted octanol–water partition coefficient (Wildman–Crippen LogP) is 3.02. The van der Waals surface area contributed by atoms with E-state index in [0.717, 1.165) is 24.3 Å². The Morgan fingerprint density at radius 3 is 2.00 bits per heavy atom. The number of thiocarbonyl (C=S) groups is 1. The smallest absolute Gasteiger partial charge is 0.410 e. The molecule has 0 N–H and O–H groups in total. The molecule has 1 saturated heterocycles. The van der Waals surface area contributed by atoms with Crippen molar-refractivity contribution in [2.24, 2.45) is 10.8 Å². The van der Waals surface area contributed by atoms with Crippen LogP contribution in [0.2, 0.25) is 0 Å². The second-order valence-electron chi connectivity index (χ2n) is 9.07. The van der Waals surface area contributed by atoms with Gasteiger partial charge in [0.05, 0.1) is 11.4 Å². The Morgan fingerprint density at radius 2 is 1.54 bits per heavy atom. The minimum absolute atomic E-state index is 0.0445. The van der Waals surface area contributed by atoms with Crippen LogP contribution in [0.4, 0.5) is 4.79 Å². The standard InChI is InChI=1S/C18H28N2O3S/c1-16(2,3)23-15(22)20-7-5-19(6-8-20)14(24)9-13(21)18-10-17(4,11-18)12-18/h5-12H2,1-4H3. The summed E-state index contributed by atoms with van der Waals surface area (Å²) in [4.78, 5) is 29.1. The van der Waals surface area contributed by atoms with Gasteiger partial charge < -0.3 is 14.5 Å². The Bertz CT molecular complexity index is 554. The summed E-state index contributed by atoms with van der Waals surface area (Å²) in [7, 11) is 0. The molecular weight excluding hydrogens is 324 g/mol. The van der Waals surface area contributed by atoms with Gasteiger partial charge in [-0.2, -0.15) is 0 Å². The Labute approximate surface area is 149 Å². The summed E-state index contributed by atoms with van der Waals surface area (Å²) in [5.74, 6) is 0.325. The molecule has 0 aromatic carbocycles. The summed E-state index contributed by atoms with van der Waals surface area (Å²) in [5.41, 5.74) is -0.0806. The molecule has 0 atom stereocenters. The first-order valence-corrected chi connectivity index (χ1v) is 9.22. The average Bonchev–Trinajstić information content (AvgIpc) is 2.41. The van der Waals surface area contributed by atoms with Crippen molar-refractivity contribution in [2.45, 2.75) is 59.0 Å². The van der Waals surface area contributed by atoms with Gasteiger partial charge in [-0.05, 0) is 45.4 Å². The molecule has 24 heavy (non-hydrogen) atoms. The highest BCUT2D eigenvalue weighted by Crippen LogP contribution is 2.73. The van der Waals surface area contributed by atoms with Gasteiger partial charge in [-0.3, -0.25) is 4.79 Å². The van der Waals surface area contributed by atoms with Crippen LogP contribution in [0.1, 0.15) is 53.4 Å². The number of hydrogen-bond acceptors (Lipinski definition) is 4. The van der Waals surface area contributed by atoms with E-state index in [1.54, 1.807) is 4.90 Å². The molecule has 2 bridgehead atoms. The molecule has 1 amide bonds. The summed E-state index contributed by atoms with van der Waals surface area (Å²) in [6.07, 6.45) is 3.26. The van der Waals surface area contributed by atoms with Crippen LogP contribution in [0.15, 0.2) is 0 Å². The van der Waals surface area contributed by atoms with E-state index in [1.807, 2.05) is 20.8 Å². The van der Waals surface area contributed by atoms with Crippen molar-refractivity contribution in [3.05, 3.63) is 0 Å². The summed E-state index contributed by atoms with van der Waals surface area (Å²) >= 11 is 5.50. The molecule has 6 heteroatoms. The summed E-state index contributed by atoms with van der Waals surface area (Å²) in [5, 5.41) is 0. The monoisotopic (exact) mass is 352 g/mol. The van der Waals surface area contributed by atoms with E-state index in [1.165, 1.54) is 0 Å². The van der Waals surface area contributed by atoms with Crippen LogP contribution in [-0.4, -0.2) is 58.4 Å². The largest absolute Gasteiger partial charge is 0.444 e. The van der Waals surface area contributed by atoms with Gasteiger partial charge >= 0.3 is 6.09 Å². The number of ether oxygens (including phenoxy) is 1. The number of piperazine rings is 1. The molecule has 0 radical (unpaired) electrons. The second-order valence-corrected chi connectivity index (χ2v) is 9.54. The molecule has 0 aromatic heterocycles. The number of ketones is 1. The van der Waals surface area contributed by atoms with E-state index in [9.17, 15) is 9.59 Å². The van der Waals surface area contributed by atoms with E-state index >= 15 is 0 Å². The van der Waals surface area contributed by atoms with E-state index in [4.69, 9.17) is 17.0 Å². The Morgan fingerprint density at radius 1 is 1.04 bits per heavy atom. The Kier molecular flexibility index (Phi) is 4.18. The maximum absolute atomic E-state index is 12.5. The van der Waals surface area contributed by atoms with Gasteiger partial charge in [0.15, 0.2) is 0 Å². The lowest BCUT2D eigenvalue weighted by atomic mass is 9.34. The first kappa shape index (κ1) is 17.6. The van der Waals surface area contributed by atoms with Crippen LogP contribution in [0, 0.1) is 10.8 Å². The third-order valence-corrected chi connectivity index (χ3v) is 5.89. The van der Waals surface area contributed by atoms with Crippen molar-refractivity contribution in [3.63, 3.8) is 0 Å². The van der Waals surface area contributed by atoms with Crippen molar-refractivity contribution < 1.29 is 14.3 Å². The molecular formula is C18H28N2O3S. The van der Waals surface area contributed by atoms with Crippen molar-refractivity contribution in [1.29, 1.82) is 0 Å². The molecule has 0 spiro atoms. The molecule has 3 aliphatic carbocycles. The number of carbonyl (C=O) groups is 2. The van der Waals surface area contributed by atoms with E-state index in [-0.39, 0.29) is 11.5 Å². The maximum Gasteiger partial charge on any atom is 0.410 e. The molecule has 1 heterocycles. The minimum Gasteiger partial charge on any atom is -0.444 e. The van der Waals surface area contributed by atoms with Gasteiger partial charge in [0.25, 0.3) is 0 Å². The fourth-order valence-corrected chi connectivity index (χ4v) is 4.81. The molecule has 4 rings (SSSR count). The van der Waals surface area contributed by atoms with Crippen molar-refractivity contribution in [2.75, 3.05) is 26.2 Å². The van der Waals surface area contributed by atoms with Gasteiger partial charge in [0, 0.05) is 31.6 Å². The van der Waals surface area contributed by atoms with E-state index in [2.05, 4.69) is 11.8 Å². The number of Topliss-reactive ketones (excluding diaryl/α,β-unsaturated/α-hetero) is 1. The van der Waals surface area contributed by atoms with Crippen molar-refractivity contribution in [1.82, 2.24) is 9.80 Å². The molecule has 5 nitrogen and oxygen atoms in total. The van der Waals surface area contributed by atoms with Crippen LogP contribution >= 0.6 is 12.2 Å². The highest BCUT2D eigenvalue weighted by Gasteiger charge is 2.68. The highest BCUT2D eigenvalue weighted by molar-refractivity contribution is 7.80. The number of hydrogen-bond donors (Lipinski definition) is 0. The fourth-order valence-electron chi connectivity index (χ4n) is 4.49. The summed E-state index contributed by atoms with van der Waals surface area (Å²) in [6, 6.07) is 0. The van der Waals surface area contributed by atoms with Gasteiger partial charge in [-0.1, -0.05) is 19.1 Å². The van der Waals surface area contributed by atoms with Crippen LogP contribution < -0.4 is 0 Å². The zero-order chi connectivity index (χ0) is 17.8. The zero-order valence-corrected chi connectivity index (χ0v) is 16.0. The van der Waals surface area contributed by atoms with Gasteiger partial charge in [-0.15, -0.1) is 0 Å². The van der Waals surface area contributed by atoms with Crippen LogP contribution in [0.5, 0.6) is 0 Å². The summed E-state index contributed by atoms with van der Waals surface area (Å²) in [6.45, 7) is 10.4. The molecule has 4 aliphatic rings. The lowest BCUT2D eigenvalue weighted by Crippen LogP contribution is -2.64. The molecule has 4 fully saturated rings. The Balaban J connectivity index is 1.44. The lowest BCUT2D eigenvalue weighted by Gasteiger charge is -2.68. The predicted molar refractivity (Wildman–Crippen MR) is 96.0 cm³/mol. The lowest BCUT2D eigenvalue weighted by molar-refractivity contribution is -0.196. The molecule has 0 aromatic rings. The average molecular weight is 353 g/mol. The van der Waals surface area contributed by atoms with E-state index in [0.29, 0.717) is 43.8 Å².